The molecule has 2 rings (SSSR count). The van der Waals surface area contributed by atoms with Gasteiger partial charge in [-0.05, 0) is 36.3 Å². The third-order valence-corrected chi connectivity index (χ3v) is 3.86. The molecular weight excluding hydrogens is 360 g/mol. The molecule has 0 saturated carbocycles. The van der Waals surface area contributed by atoms with Crippen molar-refractivity contribution >= 4 is 18.0 Å². The van der Waals surface area contributed by atoms with Crippen LogP contribution in [-0.2, 0) is 9.59 Å². The third-order valence-electron chi connectivity index (χ3n) is 3.86. The normalized spacial score (nSPS) is 11.8. The molecule has 0 aliphatic heterocycles. The van der Waals surface area contributed by atoms with Crippen LogP contribution in [0.3, 0.4) is 0 Å². The third kappa shape index (κ3) is 5.61. The van der Waals surface area contributed by atoms with Crippen molar-refractivity contribution in [1.29, 1.82) is 5.26 Å². The molecular formula is C21H20N2O5. The summed E-state index contributed by atoms with van der Waals surface area (Å²) in [5, 5.41) is 20.9. The van der Waals surface area contributed by atoms with Crippen LogP contribution in [0.2, 0.25) is 0 Å². The zero-order chi connectivity index (χ0) is 20.5. The molecule has 0 aromatic heterocycles. The van der Waals surface area contributed by atoms with Gasteiger partial charge in [0.25, 0.3) is 5.91 Å². The molecule has 0 heterocycles. The molecule has 1 atom stereocenters. The first-order chi connectivity index (χ1) is 13.4. The van der Waals surface area contributed by atoms with Crippen molar-refractivity contribution in [2.75, 3.05) is 13.7 Å². The van der Waals surface area contributed by atoms with Gasteiger partial charge in [-0.25, -0.2) is 4.79 Å². The highest BCUT2D eigenvalue weighted by atomic mass is 16.5. The lowest BCUT2D eigenvalue weighted by molar-refractivity contribution is -0.139. The van der Waals surface area contributed by atoms with Gasteiger partial charge in [0.1, 0.15) is 11.6 Å². The standard InChI is InChI=1S/C21H20N2O5/c1-14(16-6-4-3-5-7-16)23-21(26)17(12-22)10-15-8-9-18(19(11-15)27-2)28-13-20(24)25/h3-11,14H,13H2,1-2H3,(H,23,26)(H,24,25)/b17-10+. The Morgan fingerprint density at radius 3 is 2.54 bits per heavy atom. The van der Waals surface area contributed by atoms with Gasteiger partial charge in [-0.3, -0.25) is 4.79 Å². The Balaban J connectivity index is 2.17. The number of ether oxygens (including phenoxy) is 2. The number of nitrogens with one attached hydrogen (secondary N) is 1. The predicted octanol–water partition coefficient (Wildman–Crippen LogP) is 2.94. The minimum absolute atomic E-state index is 0.0657. The summed E-state index contributed by atoms with van der Waals surface area (Å²) in [5.41, 5.74) is 1.40. The molecule has 2 aromatic rings. The average Bonchev–Trinajstić information content (AvgIpc) is 2.71. The molecule has 0 aliphatic carbocycles. The van der Waals surface area contributed by atoms with Gasteiger partial charge in [0.2, 0.25) is 0 Å². The summed E-state index contributed by atoms with van der Waals surface area (Å²) in [6.07, 6.45) is 1.43. The summed E-state index contributed by atoms with van der Waals surface area (Å²) in [6, 6.07) is 15.7. The Kier molecular flexibility index (Phi) is 7.17. The fourth-order valence-electron chi connectivity index (χ4n) is 2.45. The van der Waals surface area contributed by atoms with Gasteiger partial charge in [-0.1, -0.05) is 36.4 Å². The lowest BCUT2D eigenvalue weighted by Gasteiger charge is -2.14. The molecule has 0 fully saturated rings. The van der Waals surface area contributed by atoms with E-state index in [1.807, 2.05) is 43.3 Å². The molecule has 7 heteroatoms. The average molecular weight is 380 g/mol. The SMILES string of the molecule is COc1cc(/C=C(\C#N)C(=O)NC(C)c2ccccc2)ccc1OCC(=O)O. The summed E-state index contributed by atoms with van der Waals surface area (Å²) < 4.78 is 10.3. The number of benzene rings is 2. The molecule has 2 N–H and O–H groups in total. The Hall–Kier alpha value is -3.79. The highest BCUT2D eigenvalue weighted by molar-refractivity contribution is 6.01. The van der Waals surface area contributed by atoms with E-state index in [4.69, 9.17) is 14.6 Å². The van der Waals surface area contributed by atoms with E-state index in [0.717, 1.165) is 5.56 Å². The molecule has 28 heavy (non-hydrogen) atoms. The number of hydrogen-bond acceptors (Lipinski definition) is 5. The van der Waals surface area contributed by atoms with Crippen LogP contribution < -0.4 is 14.8 Å². The van der Waals surface area contributed by atoms with Crippen molar-refractivity contribution in [1.82, 2.24) is 5.32 Å². The maximum Gasteiger partial charge on any atom is 0.341 e. The molecule has 0 bridgehead atoms. The van der Waals surface area contributed by atoms with Crippen molar-refractivity contribution in [3.05, 3.63) is 65.2 Å². The summed E-state index contributed by atoms with van der Waals surface area (Å²) in [4.78, 5) is 23.1. The van der Waals surface area contributed by atoms with Crippen molar-refractivity contribution in [3.8, 4) is 17.6 Å². The molecule has 0 saturated heterocycles. The molecule has 0 radical (unpaired) electrons. The smallest absolute Gasteiger partial charge is 0.341 e. The second-order valence-corrected chi connectivity index (χ2v) is 5.87. The minimum Gasteiger partial charge on any atom is -0.493 e. The van der Waals surface area contributed by atoms with Crippen molar-refractivity contribution in [2.45, 2.75) is 13.0 Å². The molecule has 2 aromatic carbocycles. The number of nitriles is 1. The van der Waals surface area contributed by atoms with Crippen molar-refractivity contribution in [2.24, 2.45) is 0 Å². The van der Waals surface area contributed by atoms with Gasteiger partial charge in [0.05, 0.1) is 13.2 Å². The van der Waals surface area contributed by atoms with Crippen LogP contribution in [0.5, 0.6) is 11.5 Å². The van der Waals surface area contributed by atoms with Crippen LogP contribution in [0.4, 0.5) is 0 Å². The fourth-order valence-corrected chi connectivity index (χ4v) is 2.45. The number of carbonyl (C=O) groups is 2. The quantitative estimate of drug-likeness (QED) is 0.538. The van der Waals surface area contributed by atoms with E-state index in [-0.39, 0.29) is 17.4 Å². The van der Waals surface area contributed by atoms with Gasteiger partial charge in [-0.2, -0.15) is 5.26 Å². The highest BCUT2D eigenvalue weighted by Crippen LogP contribution is 2.29. The first-order valence-corrected chi connectivity index (χ1v) is 8.44. The van der Waals surface area contributed by atoms with E-state index in [9.17, 15) is 14.9 Å². The van der Waals surface area contributed by atoms with E-state index in [0.29, 0.717) is 11.3 Å². The number of aliphatic carboxylic acids is 1. The number of amides is 1. The first-order valence-electron chi connectivity index (χ1n) is 8.44. The molecule has 0 aliphatic rings. The summed E-state index contributed by atoms with van der Waals surface area (Å²) in [5.74, 6) is -1.06. The first kappa shape index (κ1) is 20.5. The maximum atomic E-state index is 12.4. The van der Waals surface area contributed by atoms with Crippen LogP contribution in [0.1, 0.15) is 24.1 Å². The van der Waals surface area contributed by atoms with Crippen molar-refractivity contribution < 1.29 is 24.2 Å². The monoisotopic (exact) mass is 380 g/mol. The van der Waals surface area contributed by atoms with Crippen molar-refractivity contribution in [3.63, 3.8) is 0 Å². The Labute approximate surface area is 162 Å². The van der Waals surface area contributed by atoms with Gasteiger partial charge in [0, 0.05) is 0 Å². The van der Waals surface area contributed by atoms with Crippen LogP contribution in [0.15, 0.2) is 54.1 Å². The van der Waals surface area contributed by atoms with Gasteiger partial charge in [0.15, 0.2) is 18.1 Å². The van der Waals surface area contributed by atoms with Gasteiger partial charge in [-0.15, -0.1) is 0 Å². The van der Waals surface area contributed by atoms with E-state index in [2.05, 4.69) is 5.32 Å². The fraction of sp³-hybridized carbons (Fsp3) is 0.190. The molecule has 144 valence electrons. The van der Waals surface area contributed by atoms with E-state index in [1.165, 1.54) is 19.3 Å². The zero-order valence-electron chi connectivity index (χ0n) is 15.5. The number of carboxylic acids is 1. The van der Waals surface area contributed by atoms with E-state index >= 15 is 0 Å². The van der Waals surface area contributed by atoms with Crippen LogP contribution in [0.25, 0.3) is 6.08 Å². The van der Waals surface area contributed by atoms with Crippen LogP contribution in [0, 0.1) is 11.3 Å². The largest absolute Gasteiger partial charge is 0.493 e. The Bertz CT molecular complexity index is 916. The number of carboxylic acid groups (broad SMARTS) is 1. The zero-order valence-corrected chi connectivity index (χ0v) is 15.5. The Morgan fingerprint density at radius 1 is 1.21 bits per heavy atom. The number of rotatable bonds is 8. The lowest BCUT2D eigenvalue weighted by Crippen LogP contribution is -2.27. The Morgan fingerprint density at radius 2 is 1.93 bits per heavy atom. The molecule has 0 spiro atoms. The number of carbonyl (C=O) groups excluding carboxylic acids is 1. The highest BCUT2D eigenvalue weighted by Gasteiger charge is 2.14. The van der Waals surface area contributed by atoms with Gasteiger partial charge < -0.3 is 19.9 Å². The maximum absolute atomic E-state index is 12.4. The van der Waals surface area contributed by atoms with E-state index in [1.54, 1.807) is 12.1 Å². The van der Waals surface area contributed by atoms with Crippen LogP contribution >= 0.6 is 0 Å². The molecule has 1 amide bonds. The summed E-state index contributed by atoms with van der Waals surface area (Å²) >= 11 is 0. The topological polar surface area (TPSA) is 109 Å². The predicted molar refractivity (Wildman–Crippen MR) is 103 cm³/mol. The molecule has 1 unspecified atom stereocenters. The molecule has 7 nitrogen and oxygen atoms in total. The summed E-state index contributed by atoms with van der Waals surface area (Å²) in [7, 11) is 1.41. The summed E-state index contributed by atoms with van der Waals surface area (Å²) in [6.45, 7) is 1.33. The lowest BCUT2D eigenvalue weighted by atomic mass is 10.1. The van der Waals surface area contributed by atoms with Crippen LogP contribution in [-0.4, -0.2) is 30.7 Å². The number of nitrogens with zero attached hydrogens (tertiary/aromatic N) is 1. The second kappa shape index (κ2) is 9.78. The minimum atomic E-state index is -1.11. The second-order valence-electron chi connectivity index (χ2n) is 5.87. The number of hydrogen-bond donors (Lipinski definition) is 2. The van der Waals surface area contributed by atoms with E-state index < -0.39 is 18.5 Å². The van der Waals surface area contributed by atoms with Gasteiger partial charge >= 0.3 is 5.97 Å². The number of methoxy groups -OCH3 is 1.